The molecule has 2 amide bonds. The average molecular weight is 274 g/mol. The van der Waals surface area contributed by atoms with Crippen LogP contribution in [0.15, 0.2) is 30.3 Å². The normalized spacial score (nSPS) is 15.9. The van der Waals surface area contributed by atoms with Gasteiger partial charge in [-0.2, -0.15) is 0 Å². The van der Waals surface area contributed by atoms with Gasteiger partial charge in [0.1, 0.15) is 0 Å². The van der Waals surface area contributed by atoms with Crippen LogP contribution in [0, 0.1) is 0 Å². The molecule has 1 aromatic carbocycles. The van der Waals surface area contributed by atoms with Crippen LogP contribution in [0.4, 0.5) is 0 Å². The number of carbonyl (C=O) groups is 2. The minimum Gasteiger partial charge on any atom is -0.347 e. The number of nitrogens with one attached hydrogen (secondary N) is 1. The number of hydrogen-bond acceptors (Lipinski definition) is 2. The zero-order chi connectivity index (χ0) is 14.4. The second kappa shape index (κ2) is 7.08. The number of nitrogens with zero attached hydrogens (tertiary/aromatic N) is 1. The van der Waals surface area contributed by atoms with Gasteiger partial charge in [0.15, 0.2) is 0 Å². The lowest BCUT2D eigenvalue weighted by Crippen LogP contribution is -2.38. The Balaban J connectivity index is 1.73. The summed E-state index contributed by atoms with van der Waals surface area (Å²) in [7, 11) is 0. The Morgan fingerprint density at radius 3 is 2.50 bits per heavy atom. The van der Waals surface area contributed by atoms with Crippen LogP contribution in [-0.4, -0.2) is 36.3 Å². The summed E-state index contributed by atoms with van der Waals surface area (Å²) in [6.45, 7) is 3.81. The molecule has 1 N–H and O–H groups in total. The van der Waals surface area contributed by atoms with E-state index in [9.17, 15) is 9.59 Å². The van der Waals surface area contributed by atoms with Crippen molar-refractivity contribution in [3.63, 3.8) is 0 Å². The molecule has 0 unspecified atom stereocenters. The van der Waals surface area contributed by atoms with Gasteiger partial charge in [0.05, 0.1) is 6.54 Å². The van der Waals surface area contributed by atoms with Crippen LogP contribution in [0.3, 0.4) is 0 Å². The van der Waals surface area contributed by atoms with E-state index in [0.29, 0.717) is 6.42 Å². The van der Waals surface area contributed by atoms with Crippen LogP contribution >= 0.6 is 0 Å². The third-order valence-electron chi connectivity index (χ3n) is 3.76. The Bertz CT molecular complexity index is 453. The molecule has 1 aliphatic rings. The Labute approximate surface area is 120 Å². The fourth-order valence-corrected chi connectivity index (χ4v) is 2.50. The van der Waals surface area contributed by atoms with Gasteiger partial charge >= 0.3 is 0 Å². The first kappa shape index (κ1) is 14.6. The van der Waals surface area contributed by atoms with Crippen molar-refractivity contribution in [1.82, 2.24) is 10.2 Å². The highest BCUT2D eigenvalue weighted by atomic mass is 16.2. The molecule has 1 saturated heterocycles. The zero-order valence-corrected chi connectivity index (χ0v) is 12.0. The number of rotatable bonds is 5. The first-order valence-electron chi connectivity index (χ1n) is 7.26. The van der Waals surface area contributed by atoms with Crippen LogP contribution in [-0.2, 0) is 9.59 Å². The maximum absolute atomic E-state index is 11.9. The maximum Gasteiger partial charge on any atom is 0.241 e. The predicted molar refractivity (Wildman–Crippen MR) is 78.3 cm³/mol. The van der Waals surface area contributed by atoms with Crippen LogP contribution in [0.2, 0.25) is 0 Å². The highest BCUT2D eigenvalue weighted by Gasteiger charge is 2.18. The summed E-state index contributed by atoms with van der Waals surface area (Å²) < 4.78 is 0. The second-order valence-electron chi connectivity index (χ2n) is 5.38. The summed E-state index contributed by atoms with van der Waals surface area (Å²) in [4.78, 5) is 25.5. The number of benzene rings is 1. The van der Waals surface area contributed by atoms with E-state index in [1.54, 1.807) is 0 Å². The van der Waals surface area contributed by atoms with Crippen molar-refractivity contribution in [2.45, 2.75) is 32.1 Å². The minimum absolute atomic E-state index is 0.0308. The van der Waals surface area contributed by atoms with E-state index in [1.165, 1.54) is 0 Å². The summed E-state index contributed by atoms with van der Waals surface area (Å²) in [6.07, 6.45) is 2.56. The van der Waals surface area contributed by atoms with Crippen LogP contribution in [0.5, 0.6) is 0 Å². The number of hydrogen-bond donors (Lipinski definition) is 1. The molecule has 0 radical (unpaired) electrons. The van der Waals surface area contributed by atoms with Gasteiger partial charge in [-0.3, -0.25) is 9.59 Å². The lowest BCUT2D eigenvalue weighted by molar-refractivity contribution is -0.132. The molecule has 4 nitrogen and oxygen atoms in total. The standard InChI is InChI=1S/C16H22N2O2/c1-13(14-7-3-2-4-8-14)11-15(19)17-12-16(20)18-9-5-6-10-18/h2-4,7-8,13H,5-6,9-12H2,1H3,(H,17,19)/t13-/m0/s1. The third-order valence-corrected chi connectivity index (χ3v) is 3.76. The Kier molecular flexibility index (Phi) is 5.16. The molecule has 2 rings (SSSR count). The molecule has 0 aromatic heterocycles. The van der Waals surface area contributed by atoms with Gasteiger partial charge in [-0.05, 0) is 24.3 Å². The van der Waals surface area contributed by atoms with E-state index in [0.717, 1.165) is 31.5 Å². The van der Waals surface area contributed by atoms with Gasteiger partial charge in [-0.25, -0.2) is 0 Å². The first-order chi connectivity index (χ1) is 9.66. The lowest BCUT2D eigenvalue weighted by atomic mass is 9.98. The van der Waals surface area contributed by atoms with Gasteiger partial charge in [-0.15, -0.1) is 0 Å². The Hall–Kier alpha value is -1.84. The molecular formula is C16H22N2O2. The molecule has 0 spiro atoms. The maximum atomic E-state index is 11.9. The molecule has 0 saturated carbocycles. The van der Waals surface area contributed by atoms with E-state index in [-0.39, 0.29) is 24.3 Å². The van der Waals surface area contributed by atoms with Crippen LogP contribution in [0.1, 0.15) is 37.7 Å². The number of likely N-dealkylation sites (tertiary alicyclic amines) is 1. The molecule has 0 aliphatic carbocycles. The Morgan fingerprint density at radius 1 is 1.20 bits per heavy atom. The van der Waals surface area contributed by atoms with Crippen molar-refractivity contribution in [2.24, 2.45) is 0 Å². The molecule has 1 aromatic rings. The summed E-state index contributed by atoms with van der Waals surface area (Å²) in [5.74, 6) is 0.134. The SMILES string of the molecule is C[C@@H](CC(=O)NCC(=O)N1CCCC1)c1ccccc1. The third kappa shape index (κ3) is 4.08. The minimum atomic E-state index is -0.0612. The van der Waals surface area contributed by atoms with Crippen molar-refractivity contribution in [2.75, 3.05) is 19.6 Å². The molecule has 1 atom stereocenters. The second-order valence-corrected chi connectivity index (χ2v) is 5.38. The Morgan fingerprint density at radius 2 is 1.85 bits per heavy atom. The van der Waals surface area contributed by atoms with Crippen molar-refractivity contribution in [3.05, 3.63) is 35.9 Å². The van der Waals surface area contributed by atoms with Gasteiger partial charge < -0.3 is 10.2 Å². The summed E-state index contributed by atoms with van der Waals surface area (Å²) in [5.41, 5.74) is 1.15. The summed E-state index contributed by atoms with van der Waals surface area (Å²) in [6, 6.07) is 9.95. The average Bonchev–Trinajstić information content (AvgIpc) is 3.00. The van der Waals surface area contributed by atoms with E-state index in [4.69, 9.17) is 0 Å². The van der Waals surface area contributed by atoms with Crippen LogP contribution < -0.4 is 5.32 Å². The smallest absolute Gasteiger partial charge is 0.241 e. The largest absolute Gasteiger partial charge is 0.347 e. The van der Waals surface area contributed by atoms with Crippen molar-refractivity contribution >= 4 is 11.8 Å². The number of carbonyl (C=O) groups excluding carboxylic acids is 2. The highest BCUT2D eigenvalue weighted by Crippen LogP contribution is 2.18. The topological polar surface area (TPSA) is 49.4 Å². The van der Waals surface area contributed by atoms with E-state index >= 15 is 0 Å². The van der Waals surface area contributed by atoms with Gasteiger partial charge in [0, 0.05) is 19.5 Å². The lowest BCUT2D eigenvalue weighted by Gasteiger charge is -2.16. The first-order valence-corrected chi connectivity index (χ1v) is 7.26. The number of amides is 2. The molecule has 0 bridgehead atoms. The fourth-order valence-electron chi connectivity index (χ4n) is 2.50. The van der Waals surface area contributed by atoms with Gasteiger partial charge in [0.2, 0.25) is 11.8 Å². The molecular weight excluding hydrogens is 252 g/mol. The van der Waals surface area contributed by atoms with E-state index in [2.05, 4.69) is 5.32 Å². The van der Waals surface area contributed by atoms with Gasteiger partial charge in [0.25, 0.3) is 0 Å². The monoisotopic (exact) mass is 274 g/mol. The molecule has 4 heteroatoms. The molecule has 1 aliphatic heterocycles. The fraction of sp³-hybridized carbons (Fsp3) is 0.500. The quantitative estimate of drug-likeness (QED) is 0.891. The molecule has 1 fully saturated rings. The van der Waals surface area contributed by atoms with Gasteiger partial charge in [-0.1, -0.05) is 37.3 Å². The van der Waals surface area contributed by atoms with E-state index < -0.39 is 0 Å². The van der Waals surface area contributed by atoms with E-state index in [1.807, 2.05) is 42.2 Å². The molecule has 20 heavy (non-hydrogen) atoms. The van der Waals surface area contributed by atoms with Crippen molar-refractivity contribution < 1.29 is 9.59 Å². The molecule has 108 valence electrons. The molecule has 1 heterocycles. The summed E-state index contributed by atoms with van der Waals surface area (Å²) in [5, 5.41) is 2.73. The predicted octanol–water partition coefficient (Wildman–Crippen LogP) is 1.92. The van der Waals surface area contributed by atoms with Crippen LogP contribution in [0.25, 0.3) is 0 Å². The van der Waals surface area contributed by atoms with Crippen molar-refractivity contribution in [3.8, 4) is 0 Å². The van der Waals surface area contributed by atoms with Crippen molar-refractivity contribution in [1.29, 1.82) is 0 Å². The zero-order valence-electron chi connectivity index (χ0n) is 12.0. The highest BCUT2D eigenvalue weighted by molar-refractivity contribution is 5.85. The summed E-state index contributed by atoms with van der Waals surface area (Å²) >= 11 is 0.